The summed E-state index contributed by atoms with van der Waals surface area (Å²) in [6.45, 7) is 48.3. The highest BCUT2D eigenvalue weighted by atomic mass is 32.1. The van der Waals surface area contributed by atoms with E-state index in [0.29, 0.717) is 0 Å². The van der Waals surface area contributed by atoms with Crippen molar-refractivity contribution >= 4 is 94.1 Å². The van der Waals surface area contributed by atoms with E-state index >= 15 is 0 Å². The van der Waals surface area contributed by atoms with Crippen molar-refractivity contribution < 1.29 is 0 Å². The third-order valence-corrected chi connectivity index (χ3v) is 26.6. The topological polar surface area (TPSA) is 11.4 Å². The molecular formula is C89H102BN3S. The zero-order valence-corrected chi connectivity index (χ0v) is 61.2. The van der Waals surface area contributed by atoms with E-state index in [4.69, 9.17) is 0 Å². The Bertz CT molecular complexity index is 4740. The molecular weight excluding hydrogens is 1150 g/mol. The number of benzene rings is 8. The number of nitrogens with zero attached hydrogens (tertiary/aromatic N) is 3. The van der Waals surface area contributed by atoms with Crippen LogP contribution < -0.4 is 25.5 Å². The molecule has 482 valence electrons. The summed E-state index contributed by atoms with van der Waals surface area (Å²) in [7, 11) is 0. The molecule has 5 heteroatoms. The van der Waals surface area contributed by atoms with E-state index in [1.807, 2.05) is 0 Å². The van der Waals surface area contributed by atoms with Crippen molar-refractivity contribution in [1.82, 2.24) is 4.57 Å². The largest absolute Gasteiger partial charge is 0.340 e. The van der Waals surface area contributed by atoms with Crippen LogP contribution >= 0.6 is 11.3 Å². The molecule has 94 heavy (non-hydrogen) atoms. The molecule has 3 nitrogen and oxygen atoms in total. The van der Waals surface area contributed by atoms with E-state index in [9.17, 15) is 0 Å². The van der Waals surface area contributed by atoms with Crippen LogP contribution in [0.5, 0.6) is 0 Å². The summed E-state index contributed by atoms with van der Waals surface area (Å²) in [6.07, 6.45) is 10.6. The first kappa shape index (κ1) is 62.0. The molecule has 4 heterocycles. The van der Waals surface area contributed by atoms with Crippen LogP contribution in [0.15, 0.2) is 140 Å². The highest BCUT2D eigenvalue weighted by molar-refractivity contribution is 7.33. The van der Waals surface area contributed by atoms with Gasteiger partial charge in [0.25, 0.3) is 6.71 Å². The highest BCUT2D eigenvalue weighted by Crippen LogP contribution is 2.59. The molecule has 0 saturated heterocycles. The van der Waals surface area contributed by atoms with Gasteiger partial charge in [0, 0.05) is 72.5 Å². The number of rotatable bonds is 7. The maximum Gasteiger partial charge on any atom is 0.264 e. The van der Waals surface area contributed by atoms with Crippen LogP contribution in [-0.2, 0) is 68.2 Å². The minimum Gasteiger partial charge on any atom is -0.340 e. The van der Waals surface area contributed by atoms with Crippen LogP contribution in [0, 0.1) is 0 Å². The number of anilines is 5. The van der Waals surface area contributed by atoms with Gasteiger partial charge in [0.15, 0.2) is 0 Å². The molecule has 5 aliphatic carbocycles. The molecule has 17 rings (SSSR count). The van der Waals surface area contributed by atoms with Crippen molar-refractivity contribution in [2.45, 2.75) is 251 Å². The van der Waals surface area contributed by atoms with Gasteiger partial charge in [0.05, 0.1) is 5.69 Å². The fourth-order valence-electron chi connectivity index (χ4n) is 18.7. The number of thiophene rings is 1. The van der Waals surface area contributed by atoms with Gasteiger partial charge in [-0.2, -0.15) is 0 Å². The fraction of sp³-hybridized carbons (Fsp3) is 0.438. The van der Waals surface area contributed by atoms with E-state index in [2.05, 4.69) is 297 Å². The average Bonchev–Trinajstić information content (AvgIpc) is 1.26. The number of aryl methyl sites for hydroxylation is 2. The van der Waals surface area contributed by atoms with Crippen molar-refractivity contribution in [3.8, 4) is 11.1 Å². The van der Waals surface area contributed by atoms with Crippen molar-refractivity contribution in [3.05, 3.63) is 201 Å². The Balaban J connectivity index is 1.01. The molecule has 7 aliphatic rings. The highest BCUT2D eigenvalue weighted by Gasteiger charge is 2.51. The SMILES string of the molecule is CC(C)(C)c1ccc(CN2c3cc(CCn4c5cc(C(C)(C)C)ccc5c5ccc(C(C)(C)C)cc54)cc4c3B(c3cc5c(cc3N4c3ccc4c(c3)C(C)(C)CCC4(C)C)C(C)(C)CCC5(C)C)c3sc4cc5c(cc4c32)C2(C)CCC5(C)CC2)c(-c2ccccc2)c1. The quantitative estimate of drug-likeness (QED) is 0.147. The molecule has 1 saturated carbocycles. The summed E-state index contributed by atoms with van der Waals surface area (Å²) in [5, 5.41) is 4.13. The predicted molar refractivity (Wildman–Crippen MR) is 408 cm³/mol. The molecule has 0 unspecified atom stereocenters. The number of fused-ring (bicyclic) bond motifs is 13. The van der Waals surface area contributed by atoms with Crippen LogP contribution in [0.1, 0.15) is 244 Å². The van der Waals surface area contributed by atoms with Crippen LogP contribution in [0.2, 0.25) is 0 Å². The standard InChI is InChI=1S/C89H102BN3S/c1-81(2,3)57-26-25-56(63(45-57)55-23-21-20-22-24-55)53-92-75-43-54(33-42-91-72-46-58(82(4,5)6)27-30-61(72)62-31-28-59(47-73(62)91)83(7,8)9)44-76-78(75)90(80-79(92)64-49-69-70(52-77(64)94-80)89(19)40-38-88(69,18)39-41-89)71-50-67-68(87(16,17)37-36-86(67,14)15)51-74(71)93(76)60-29-32-65-66(48-60)85(12,13)35-34-84(65,10)11/h20-32,43-52H,33-42,53H2,1-19H3. The molecule has 0 amide bonds. The van der Waals surface area contributed by atoms with E-state index in [0.717, 1.165) is 19.5 Å². The second-order valence-electron chi connectivity index (χ2n) is 36.8. The maximum absolute atomic E-state index is 2.89. The van der Waals surface area contributed by atoms with Crippen LogP contribution in [0.3, 0.4) is 0 Å². The molecule has 2 aromatic heterocycles. The Kier molecular flexibility index (Phi) is 13.4. The molecule has 0 radical (unpaired) electrons. The van der Waals surface area contributed by atoms with Crippen molar-refractivity contribution in [1.29, 1.82) is 0 Å². The molecule has 0 atom stereocenters. The second kappa shape index (κ2) is 20.4. The van der Waals surface area contributed by atoms with Gasteiger partial charge in [-0.3, -0.25) is 0 Å². The van der Waals surface area contributed by atoms with Gasteiger partial charge in [0.1, 0.15) is 0 Å². The summed E-state index contributed by atoms with van der Waals surface area (Å²) >= 11 is 2.13. The number of hydrogen-bond donors (Lipinski definition) is 0. The summed E-state index contributed by atoms with van der Waals surface area (Å²) in [5.41, 5.74) is 31.7. The Hall–Kier alpha value is -6.82. The van der Waals surface area contributed by atoms with E-state index in [1.54, 1.807) is 11.1 Å². The van der Waals surface area contributed by atoms with Crippen molar-refractivity contribution in [2.75, 3.05) is 9.80 Å². The van der Waals surface area contributed by atoms with Gasteiger partial charge < -0.3 is 14.4 Å². The second-order valence-corrected chi connectivity index (χ2v) is 37.9. The predicted octanol–water partition coefficient (Wildman–Crippen LogP) is 22.6. The van der Waals surface area contributed by atoms with Gasteiger partial charge in [-0.25, -0.2) is 0 Å². The Morgan fingerprint density at radius 2 is 0.968 bits per heavy atom. The van der Waals surface area contributed by atoms with Gasteiger partial charge in [-0.15, -0.1) is 11.3 Å². The Morgan fingerprint density at radius 3 is 1.55 bits per heavy atom. The molecule has 0 N–H and O–H groups in total. The average molecular weight is 1260 g/mol. The summed E-state index contributed by atoms with van der Waals surface area (Å²) in [4.78, 5) is 5.71. The van der Waals surface area contributed by atoms with Crippen LogP contribution in [-0.4, -0.2) is 11.3 Å². The van der Waals surface area contributed by atoms with Crippen molar-refractivity contribution in [3.63, 3.8) is 0 Å². The third kappa shape index (κ3) is 9.49. The van der Waals surface area contributed by atoms with E-state index < -0.39 is 0 Å². The lowest BCUT2D eigenvalue weighted by Gasteiger charge is -2.52. The molecule has 2 aliphatic heterocycles. The van der Waals surface area contributed by atoms with E-state index in [1.165, 1.54) is 189 Å². The smallest absolute Gasteiger partial charge is 0.264 e. The number of aromatic nitrogens is 1. The first-order valence-corrected chi connectivity index (χ1v) is 36.9. The van der Waals surface area contributed by atoms with E-state index in [-0.39, 0.29) is 55.4 Å². The maximum atomic E-state index is 2.89. The molecule has 1 fully saturated rings. The first-order valence-electron chi connectivity index (χ1n) is 36.1. The molecule has 8 aromatic carbocycles. The zero-order chi connectivity index (χ0) is 66.1. The molecule has 2 bridgehead atoms. The Labute approximate surface area is 567 Å². The lowest BCUT2D eigenvalue weighted by Crippen LogP contribution is -2.61. The summed E-state index contributed by atoms with van der Waals surface area (Å²) in [6, 6.07) is 57.7. The molecule has 0 spiro atoms. The normalized spacial score (nSPS) is 21.3. The lowest BCUT2D eigenvalue weighted by atomic mass is 9.35. The van der Waals surface area contributed by atoms with Gasteiger partial charge in [-0.05, 0) is 244 Å². The third-order valence-electron chi connectivity index (χ3n) is 25.4. The minimum atomic E-state index is -0.0176. The Morgan fingerprint density at radius 1 is 0.447 bits per heavy atom. The molecule has 10 aromatic rings. The van der Waals surface area contributed by atoms with Gasteiger partial charge in [-0.1, -0.05) is 216 Å². The zero-order valence-electron chi connectivity index (χ0n) is 60.4. The van der Waals surface area contributed by atoms with Crippen molar-refractivity contribution in [2.24, 2.45) is 0 Å². The lowest BCUT2D eigenvalue weighted by molar-refractivity contribution is 0.188. The van der Waals surface area contributed by atoms with Gasteiger partial charge in [0.2, 0.25) is 0 Å². The summed E-state index contributed by atoms with van der Waals surface area (Å²) in [5.74, 6) is 0. The first-order chi connectivity index (χ1) is 44.1. The number of hydrogen-bond acceptors (Lipinski definition) is 3. The fourth-order valence-corrected chi connectivity index (χ4v) is 20.0. The monoisotopic (exact) mass is 1260 g/mol. The van der Waals surface area contributed by atoms with Crippen LogP contribution in [0.25, 0.3) is 43.0 Å². The van der Waals surface area contributed by atoms with Gasteiger partial charge >= 0.3 is 0 Å². The van der Waals surface area contributed by atoms with Crippen LogP contribution in [0.4, 0.5) is 28.4 Å². The minimum absolute atomic E-state index is 0.00545. The summed E-state index contributed by atoms with van der Waals surface area (Å²) < 4.78 is 5.67.